The minimum atomic E-state index is 0.182. The van der Waals surface area contributed by atoms with E-state index >= 15 is 0 Å². The zero-order valence-corrected chi connectivity index (χ0v) is 28.5. The number of hydrogen-bond donors (Lipinski definition) is 4. The third-order valence-corrected chi connectivity index (χ3v) is 8.36. The highest BCUT2D eigenvalue weighted by Gasteiger charge is 2.12. The van der Waals surface area contributed by atoms with Crippen molar-refractivity contribution in [3.05, 3.63) is 0 Å². The number of hydrogen-bond acceptors (Lipinski definition) is 3. The van der Waals surface area contributed by atoms with E-state index in [1.165, 1.54) is 122 Å². The maximum absolute atomic E-state index is 13.1. The van der Waals surface area contributed by atoms with Gasteiger partial charge in [0, 0.05) is 32.6 Å². The third-order valence-electron chi connectivity index (χ3n) is 8.36. The van der Waals surface area contributed by atoms with Crippen LogP contribution in [0, 0.1) is 0 Å². The molecular weight excluding hydrogens is 534 g/mol. The summed E-state index contributed by atoms with van der Waals surface area (Å²) in [4.78, 5) is 23.4. The van der Waals surface area contributed by atoms with Gasteiger partial charge >= 0.3 is 0 Å². The molecule has 0 saturated carbocycles. The normalized spacial score (nSPS) is 11.0. The molecule has 254 valence electrons. The molecule has 0 fully saturated rings. The fourth-order valence-electron chi connectivity index (χ4n) is 5.65. The fourth-order valence-corrected chi connectivity index (χ4v) is 5.65. The molecule has 8 nitrogen and oxygen atoms in total. The van der Waals surface area contributed by atoms with E-state index in [9.17, 15) is 4.79 Å². The molecule has 0 aromatic rings. The van der Waals surface area contributed by atoms with Crippen molar-refractivity contribution < 1.29 is 4.79 Å². The molecule has 0 aliphatic carbocycles. The molecule has 0 heterocycles. The largest absolute Gasteiger partial charge is 0.370 e. The molecule has 8 heteroatoms. The van der Waals surface area contributed by atoms with Gasteiger partial charge in [0.1, 0.15) is 0 Å². The molecule has 0 aromatic carbocycles. The van der Waals surface area contributed by atoms with Crippen LogP contribution in [0.25, 0.3) is 0 Å². The van der Waals surface area contributed by atoms with Gasteiger partial charge in [0.2, 0.25) is 5.91 Å². The number of amides is 1. The summed E-state index contributed by atoms with van der Waals surface area (Å²) in [6, 6.07) is 0. The SMILES string of the molecule is CCCCCCCCCCCCCCCCC(=O)N(CCCCCCCCN=C(N)N)CCCCCCCCN=C(N)N. The Bertz CT molecular complexity index is 627. The van der Waals surface area contributed by atoms with Gasteiger partial charge in [-0.2, -0.15) is 0 Å². The number of rotatable bonds is 33. The van der Waals surface area contributed by atoms with Crippen molar-refractivity contribution in [3.8, 4) is 0 Å². The van der Waals surface area contributed by atoms with Crippen molar-refractivity contribution >= 4 is 17.8 Å². The molecule has 0 radical (unpaired) electrons. The first-order chi connectivity index (χ1) is 21.0. The first-order valence-corrected chi connectivity index (χ1v) is 18.4. The average Bonchev–Trinajstić information content (AvgIpc) is 2.98. The number of aliphatic imine (C=N–C) groups is 2. The van der Waals surface area contributed by atoms with Gasteiger partial charge in [0.15, 0.2) is 11.9 Å². The minimum absolute atomic E-state index is 0.182. The minimum Gasteiger partial charge on any atom is -0.370 e. The maximum Gasteiger partial charge on any atom is 0.222 e. The van der Waals surface area contributed by atoms with Crippen LogP contribution in [-0.4, -0.2) is 48.9 Å². The van der Waals surface area contributed by atoms with Crippen LogP contribution >= 0.6 is 0 Å². The zero-order valence-electron chi connectivity index (χ0n) is 28.5. The summed E-state index contributed by atoms with van der Waals surface area (Å²) in [7, 11) is 0. The number of carbonyl (C=O) groups is 1. The summed E-state index contributed by atoms with van der Waals surface area (Å²) in [5.74, 6) is 0.733. The Hall–Kier alpha value is -1.99. The Morgan fingerprint density at radius 2 is 0.744 bits per heavy atom. The lowest BCUT2D eigenvalue weighted by atomic mass is 10.0. The van der Waals surface area contributed by atoms with Gasteiger partial charge < -0.3 is 27.8 Å². The monoisotopic (exact) mass is 608 g/mol. The van der Waals surface area contributed by atoms with Crippen LogP contribution in [0.1, 0.15) is 180 Å². The molecule has 0 atom stereocenters. The molecule has 0 aliphatic rings. The van der Waals surface area contributed by atoms with Gasteiger partial charge in [-0.15, -0.1) is 0 Å². The Kier molecular flexibility index (Phi) is 31.4. The van der Waals surface area contributed by atoms with E-state index in [1.807, 2.05) is 0 Å². The van der Waals surface area contributed by atoms with E-state index < -0.39 is 0 Å². The second-order valence-corrected chi connectivity index (χ2v) is 12.6. The van der Waals surface area contributed by atoms with E-state index in [4.69, 9.17) is 22.9 Å². The van der Waals surface area contributed by atoms with E-state index in [2.05, 4.69) is 21.8 Å². The van der Waals surface area contributed by atoms with E-state index in [1.54, 1.807) is 0 Å². The van der Waals surface area contributed by atoms with Crippen LogP contribution in [0.5, 0.6) is 0 Å². The fraction of sp³-hybridized carbons (Fsp3) is 0.914. The highest BCUT2D eigenvalue weighted by molar-refractivity contribution is 5.76. The van der Waals surface area contributed by atoms with Gasteiger partial charge in [-0.1, -0.05) is 142 Å². The lowest BCUT2D eigenvalue weighted by molar-refractivity contribution is -0.131. The quantitative estimate of drug-likeness (QED) is 0.0340. The Balaban J connectivity index is 4.08. The van der Waals surface area contributed by atoms with Crippen molar-refractivity contribution in [3.63, 3.8) is 0 Å². The summed E-state index contributed by atoms with van der Waals surface area (Å²) in [6.07, 6.45) is 33.3. The molecule has 43 heavy (non-hydrogen) atoms. The lowest BCUT2D eigenvalue weighted by Crippen LogP contribution is -2.32. The number of nitrogens with two attached hydrogens (primary N) is 4. The second kappa shape index (κ2) is 32.9. The Morgan fingerprint density at radius 3 is 1.09 bits per heavy atom. The second-order valence-electron chi connectivity index (χ2n) is 12.6. The van der Waals surface area contributed by atoms with Crippen molar-refractivity contribution in [1.82, 2.24) is 4.90 Å². The molecule has 0 aromatic heterocycles. The van der Waals surface area contributed by atoms with Gasteiger partial charge in [-0.05, 0) is 32.1 Å². The Morgan fingerprint density at radius 1 is 0.442 bits per heavy atom. The molecule has 0 saturated heterocycles. The van der Waals surface area contributed by atoms with Crippen LogP contribution in [0.2, 0.25) is 0 Å². The predicted octanol–water partition coefficient (Wildman–Crippen LogP) is 7.91. The first kappa shape index (κ1) is 41.0. The molecular formula is C35H73N7O. The highest BCUT2D eigenvalue weighted by atomic mass is 16.2. The molecule has 0 spiro atoms. The molecule has 1 amide bonds. The van der Waals surface area contributed by atoms with Crippen molar-refractivity contribution in [2.45, 2.75) is 180 Å². The van der Waals surface area contributed by atoms with Crippen LogP contribution in [0.3, 0.4) is 0 Å². The average molecular weight is 608 g/mol. The summed E-state index contributed by atoms with van der Waals surface area (Å²) in [6.45, 7) is 5.54. The van der Waals surface area contributed by atoms with Crippen molar-refractivity contribution in [2.75, 3.05) is 26.2 Å². The number of guanidine groups is 2. The van der Waals surface area contributed by atoms with Gasteiger partial charge in [-0.25, -0.2) is 0 Å². The molecule has 0 rings (SSSR count). The molecule has 0 aliphatic heterocycles. The third kappa shape index (κ3) is 32.8. The van der Waals surface area contributed by atoms with Gasteiger partial charge in [-0.3, -0.25) is 14.8 Å². The molecule has 0 unspecified atom stereocenters. The molecule has 8 N–H and O–H groups in total. The highest BCUT2D eigenvalue weighted by Crippen LogP contribution is 2.15. The van der Waals surface area contributed by atoms with Gasteiger partial charge in [0.25, 0.3) is 0 Å². The van der Waals surface area contributed by atoms with Crippen LogP contribution in [0.15, 0.2) is 9.98 Å². The topological polar surface area (TPSA) is 149 Å². The predicted molar refractivity (Wildman–Crippen MR) is 188 cm³/mol. The number of carbonyl (C=O) groups excluding carboxylic acids is 1. The standard InChI is InChI=1S/C35H73N7O/c1-2-3-4-5-6-7-8-9-10-11-12-13-18-23-28-33(43)42(31-26-21-16-14-19-24-29-40-34(36)37)32-27-22-17-15-20-25-30-41-35(38)39/h2-32H2,1H3,(H4,36,37,40)(H4,38,39,41). The van der Waals surface area contributed by atoms with Crippen LogP contribution in [0.4, 0.5) is 0 Å². The summed E-state index contributed by atoms with van der Waals surface area (Å²) in [5, 5.41) is 0. The number of unbranched alkanes of at least 4 members (excludes halogenated alkanes) is 23. The summed E-state index contributed by atoms with van der Waals surface area (Å²) >= 11 is 0. The van der Waals surface area contributed by atoms with Crippen LogP contribution < -0.4 is 22.9 Å². The zero-order chi connectivity index (χ0) is 31.6. The van der Waals surface area contributed by atoms with Gasteiger partial charge in [0.05, 0.1) is 0 Å². The number of nitrogens with zero attached hydrogens (tertiary/aromatic N) is 3. The van der Waals surface area contributed by atoms with E-state index in [-0.39, 0.29) is 11.9 Å². The van der Waals surface area contributed by atoms with E-state index in [0.29, 0.717) is 12.3 Å². The lowest BCUT2D eigenvalue weighted by Gasteiger charge is -2.23. The maximum atomic E-state index is 13.1. The summed E-state index contributed by atoms with van der Waals surface area (Å²) in [5.41, 5.74) is 21.5. The summed E-state index contributed by atoms with van der Waals surface area (Å²) < 4.78 is 0. The first-order valence-electron chi connectivity index (χ1n) is 18.4. The Labute approximate surface area is 266 Å². The van der Waals surface area contributed by atoms with E-state index in [0.717, 1.165) is 71.1 Å². The smallest absolute Gasteiger partial charge is 0.222 e. The van der Waals surface area contributed by atoms with Crippen molar-refractivity contribution in [2.24, 2.45) is 32.9 Å². The van der Waals surface area contributed by atoms with Crippen molar-refractivity contribution in [1.29, 1.82) is 0 Å². The molecule has 0 bridgehead atoms. The van der Waals surface area contributed by atoms with Crippen LogP contribution in [-0.2, 0) is 4.79 Å².